The van der Waals surface area contributed by atoms with E-state index in [-0.39, 0.29) is 22.2 Å². The first-order chi connectivity index (χ1) is 18.9. The van der Waals surface area contributed by atoms with Crippen molar-refractivity contribution in [1.29, 1.82) is 0 Å². The predicted octanol–water partition coefficient (Wildman–Crippen LogP) is 6.95. The average molecular weight is 563 g/mol. The zero-order valence-corrected chi connectivity index (χ0v) is 22.4. The van der Waals surface area contributed by atoms with Gasteiger partial charge in [0.2, 0.25) is 0 Å². The zero-order valence-electron chi connectivity index (χ0n) is 20.9. The summed E-state index contributed by atoms with van der Waals surface area (Å²) in [4.78, 5) is 25.1. The second-order valence-electron chi connectivity index (χ2n) is 8.15. The maximum absolute atomic E-state index is 12.6. The molecule has 0 atom stereocenters. The minimum Gasteiger partial charge on any atom is -0.490 e. The van der Waals surface area contributed by atoms with E-state index in [0.29, 0.717) is 40.9 Å². The lowest BCUT2D eigenvalue weighted by molar-refractivity contribution is 0.0728. The van der Waals surface area contributed by atoms with Gasteiger partial charge in [0, 0.05) is 10.6 Å². The highest BCUT2D eigenvalue weighted by molar-refractivity contribution is 6.36. The van der Waals surface area contributed by atoms with E-state index in [9.17, 15) is 9.59 Å². The second-order valence-corrected chi connectivity index (χ2v) is 8.99. The Hall–Kier alpha value is -4.33. The number of amides is 1. The molecule has 0 bridgehead atoms. The van der Waals surface area contributed by atoms with Crippen molar-refractivity contribution < 1.29 is 23.8 Å². The van der Waals surface area contributed by atoms with Gasteiger partial charge in [-0.3, -0.25) is 4.79 Å². The Morgan fingerprint density at radius 2 is 1.64 bits per heavy atom. The molecule has 1 N–H and O–H groups in total. The predicted molar refractivity (Wildman–Crippen MR) is 151 cm³/mol. The van der Waals surface area contributed by atoms with Gasteiger partial charge in [-0.05, 0) is 78.7 Å². The number of hydrogen-bond donors (Lipinski definition) is 1. The molecule has 0 aliphatic heterocycles. The van der Waals surface area contributed by atoms with E-state index in [0.717, 1.165) is 5.56 Å². The number of carbonyl (C=O) groups is 2. The van der Waals surface area contributed by atoms with Crippen LogP contribution in [0.1, 0.15) is 38.8 Å². The number of ether oxygens (including phenoxy) is 3. The quantitative estimate of drug-likeness (QED) is 0.0977. The van der Waals surface area contributed by atoms with Crippen molar-refractivity contribution in [3.63, 3.8) is 0 Å². The van der Waals surface area contributed by atoms with Crippen LogP contribution in [0.5, 0.6) is 17.2 Å². The Morgan fingerprint density at radius 1 is 0.872 bits per heavy atom. The maximum atomic E-state index is 12.6. The van der Waals surface area contributed by atoms with Crippen LogP contribution in [-0.4, -0.2) is 24.7 Å². The van der Waals surface area contributed by atoms with E-state index in [1.165, 1.54) is 18.3 Å². The Balaban J connectivity index is 1.35. The highest BCUT2D eigenvalue weighted by Gasteiger charge is 2.16. The number of hydrazone groups is 1. The van der Waals surface area contributed by atoms with Crippen molar-refractivity contribution in [3.05, 3.63) is 123 Å². The van der Waals surface area contributed by atoms with Gasteiger partial charge in [0.15, 0.2) is 11.5 Å². The maximum Gasteiger partial charge on any atom is 0.345 e. The van der Waals surface area contributed by atoms with E-state index in [4.69, 9.17) is 37.4 Å². The number of carbonyl (C=O) groups excluding carboxylic acids is 2. The average Bonchev–Trinajstić information content (AvgIpc) is 2.94. The van der Waals surface area contributed by atoms with Crippen molar-refractivity contribution in [2.75, 3.05) is 6.61 Å². The lowest BCUT2D eigenvalue weighted by atomic mass is 10.2. The molecule has 0 aliphatic carbocycles. The minimum atomic E-state index is -0.650. The SMILES string of the molecule is CCOc1cc(C=NNC(=O)c2ccc(OCc3ccccc3)cc2)ccc1OC(=O)c1ccc(Cl)cc1Cl. The van der Waals surface area contributed by atoms with Crippen LogP contribution in [0.25, 0.3) is 0 Å². The van der Waals surface area contributed by atoms with Gasteiger partial charge >= 0.3 is 5.97 Å². The lowest BCUT2D eigenvalue weighted by Crippen LogP contribution is -2.17. The van der Waals surface area contributed by atoms with Crippen molar-refractivity contribution in [2.24, 2.45) is 5.10 Å². The number of benzene rings is 4. The smallest absolute Gasteiger partial charge is 0.345 e. The fraction of sp³-hybridized carbons (Fsp3) is 0.100. The van der Waals surface area contributed by atoms with Gasteiger partial charge in [0.25, 0.3) is 5.91 Å². The summed E-state index contributed by atoms with van der Waals surface area (Å²) in [6, 6.07) is 26.0. The van der Waals surface area contributed by atoms with Gasteiger partial charge in [-0.15, -0.1) is 0 Å². The third-order valence-electron chi connectivity index (χ3n) is 5.37. The fourth-order valence-corrected chi connectivity index (χ4v) is 3.93. The van der Waals surface area contributed by atoms with E-state index in [2.05, 4.69) is 10.5 Å². The van der Waals surface area contributed by atoms with Gasteiger partial charge in [0.05, 0.1) is 23.4 Å². The molecule has 0 aliphatic rings. The van der Waals surface area contributed by atoms with Crippen LogP contribution in [0.4, 0.5) is 0 Å². The molecule has 0 saturated heterocycles. The first kappa shape index (κ1) is 27.7. The largest absolute Gasteiger partial charge is 0.490 e. The number of rotatable bonds is 10. The summed E-state index contributed by atoms with van der Waals surface area (Å²) in [5, 5.41) is 4.62. The van der Waals surface area contributed by atoms with Crippen molar-refractivity contribution in [3.8, 4) is 17.2 Å². The topological polar surface area (TPSA) is 86.2 Å². The fourth-order valence-electron chi connectivity index (χ4n) is 3.44. The number of nitrogens with zero attached hydrogens (tertiary/aromatic N) is 1. The van der Waals surface area contributed by atoms with E-state index >= 15 is 0 Å². The molecule has 0 heterocycles. The Bertz CT molecular complexity index is 1470. The Morgan fingerprint density at radius 3 is 2.36 bits per heavy atom. The van der Waals surface area contributed by atoms with Gasteiger partial charge in [0.1, 0.15) is 12.4 Å². The molecule has 4 aromatic rings. The van der Waals surface area contributed by atoms with Crippen LogP contribution in [0.3, 0.4) is 0 Å². The van der Waals surface area contributed by atoms with Crippen LogP contribution in [-0.2, 0) is 6.61 Å². The van der Waals surface area contributed by atoms with Gasteiger partial charge in [-0.1, -0.05) is 53.5 Å². The van der Waals surface area contributed by atoms with Crippen molar-refractivity contribution in [2.45, 2.75) is 13.5 Å². The van der Waals surface area contributed by atoms with Crippen molar-refractivity contribution >= 4 is 41.3 Å². The first-order valence-electron chi connectivity index (χ1n) is 12.0. The van der Waals surface area contributed by atoms with Crippen LogP contribution >= 0.6 is 23.2 Å². The highest BCUT2D eigenvalue weighted by atomic mass is 35.5. The van der Waals surface area contributed by atoms with Gasteiger partial charge in [-0.25, -0.2) is 10.2 Å². The summed E-state index contributed by atoms with van der Waals surface area (Å²) >= 11 is 12.0. The van der Waals surface area contributed by atoms with E-state index < -0.39 is 5.97 Å². The molecule has 0 fully saturated rings. The standard InChI is InChI=1S/C30H24Cl2N2O5/c1-2-37-28-16-21(8-15-27(28)39-30(36)25-14-11-23(31)17-26(25)32)18-33-34-29(35)22-9-12-24(13-10-22)38-19-20-6-4-3-5-7-20/h3-18H,2,19H2,1H3,(H,34,35). The second kappa shape index (κ2) is 13.5. The number of halogens is 2. The Labute approximate surface area is 235 Å². The molecule has 39 heavy (non-hydrogen) atoms. The number of hydrogen-bond acceptors (Lipinski definition) is 6. The van der Waals surface area contributed by atoms with Crippen LogP contribution in [0.2, 0.25) is 10.0 Å². The molecule has 0 spiro atoms. The molecule has 4 aromatic carbocycles. The minimum absolute atomic E-state index is 0.174. The molecule has 0 unspecified atom stereocenters. The summed E-state index contributed by atoms with van der Waals surface area (Å²) in [7, 11) is 0. The molecule has 0 saturated carbocycles. The van der Waals surface area contributed by atoms with E-state index in [1.54, 1.807) is 55.5 Å². The molecular weight excluding hydrogens is 539 g/mol. The third-order valence-corrected chi connectivity index (χ3v) is 5.91. The monoisotopic (exact) mass is 562 g/mol. The molecule has 9 heteroatoms. The molecule has 0 aromatic heterocycles. The normalized spacial score (nSPS) is 10.7. The van der Waals surface area contributed by atoms with E-state index in [1.807, 2.05) is 30.3 Å². The summed E-state index contributed by atoms with van der Waals surface area (Å²) < 4.78 is 16.9. The van der Waals surface area contributed by atoms with Crippen LogP contribution in [0.15, 0.2) is 96.1 Å². The summed E-state index contributed by atoms with van der Waals surface area (Å²) in [5.74, 6) is 0.168. The third kappa shape index (κ3) is 7.83. The molecule has 4 rings (SSSR count). The van der Waals surface area contributed by atoms with Crippen LogP contribution in [0, 0.1) is 0 Å². The number of nitrogens with one attached hydrogen (secondary N) is 1. The molecule has 1 amide bonds. The van der Waals surface area contributed by atoms with Crippen molar-refractivity contribution in [1.82, 2.24) is 5.43 Å². The van der Waals surface area contributed by atoms with Gasteiger partial charge in [-0.2, -0.15) is 5.10 Å². The lowest BCUT2D eigenvalue weighted by Gasteiger charge is -2.12. The number of esters is 1. The summed E-state index contributed by atoms with van der Waals surface area (Å²) in [6.07, 6.45) is 1.46. The Kier molecular flexibility index (Phi) is 9.56. The molecule has 7 nitrogen and oxygen atoms in total. The first-order valence-corrected chi connectivity index (χ1v) is 12.7. The molecule has 198 valence electrons. The van der Waals surface area contributed by atoms with Gasteiger partial charge < -0.3 is 14.2 Å². The summed E-state index contributed by atoms with van der Waals surface area (Å²) in [5.41, 5.74) is 4.77. The van der Waals surface area contributed by atoms with Crippen LogP contribution < -0.4 is 19.6 Å². The molecular formula is C30H24Cl2N2O5. The molecule has 0 radical (unpaired) electrons. The zero-order chi connectivity index (χ0) is 27.6. The highest BCUT2D eigenvalue weighted by Crippen LogP contribution is 2.30. The summed E-state index contributed by atoms with van der Waals surface area (Å²) in [6.45, 7) is 2.59.